The van der Waals surface area contributed by atoms with Gasteiger partial charge in [0.05, 0.1) is 0 Å². The Morgan fingerprint density at radius 2 is 0.632 bits per heavy atom. The normalized spacial score (nSPS) is 13.1. The minimum atomic E-state index is 0.878. The summed E-state index contributed by atoms with van der Waals surface area (Å²) in [6.07, 6.45) is 1.78. The van der Waals surface area contributed by atoms with Gasteiger partial charge in [0, 0.05) is 90.8 Å². The van der Waals surface area contributed by atoms with Crippen LogP contribution in [0.15, 0.2) is 227 Å². The van der Waals surface area contributed by atoms with Gasteiger partial charge in [-0.25, -0.2) is 0 Å². The molecule has 0 saturated carbocycles. The highest BCUT2D eigenvalue weighted by Gasteiger charge is 2.29. The Hall–Kier alpha value is -8.86. The van der Waals surface area contributed by atoms with E-state index in [2.05, 4.69) is 228 Å². The third kappa shape index (κ3) is 5.37. The van der Waals surface area contributed by atoms with Crippen LogP contribution in [0, 0.1) is 0 Å². The standard InChI is InChI=1S/C64H40N2O2/c1-7-25-55-39(15-1)35-40-16-2-8-26-56(40)65(55)43-31-33-47-53(37-43)61(51-23-13-21-49-45-19-5-11-29-59(45)67-63(49)51)48-34-32-44(66-57-27-9-3-17-41(57)36-42-18-4-10-28-58(42)66)38-54(48)62(47)52-24-14-22-50-46-20-6-12-30-60(46)68-64(50)52/h1-34,37-38H,35-36H2. The number of hydrogen-bond donors (Lipinski definition) is 0. The largest absolute Gasteiger partial charge is 0.455 e. The van der Waals surface area contributed by atoms with Crippen molar-refractivity contribution in [2.45, 2.75) is 12.8 Å². The van der Waals surface area contributed by atoms with E-state index in [-0.39, 0.29) is 0 Å². The van der Waals surface area contributed by atoms with Crippen LogP contribution < -0.4 is 9.80 Å². The first-order chi connectivity index (χ1) is 33.7. The monoisotopic (exact) mass is 868 g/mol. The van der Waals surface area contributed by atoms with E-state index in [4.69, 9.17) is 8.83 Å². The molecule has 68 heavy (non-hydrogen) atoms. The molecule has 0 radical (unpaired) electrons. The van der Waals surface area contributed by atoms with Gasteiger partial charge in [-0.15, -0.1) is 0 Å². The first kappa shape index (κ1) is 37.4. The van der Waals surface area contributed by atoms with Gasteiger partial charge >= 0.3 is 0 Å². The number of para-hydroxylation sites is 8. The van der Waals surface area contributed by atoms with Crippen molar-refractivity contribution in [2.24, 2.45) is 0 Å². The lowest BCUT2D eigenvalue weighted by molar-refractivity contribution is 0.669. The van der Waals surface area contributed by atoms with Crippen molar-refractivity contribution < 1.29 is 8.83 Å². The molecular formula is C64H40N2O2. The summed E-state index contributed by atoms with van der Waals surface area (Å²) in [7, 11) is 0. The minimum absolute atomic E-state index is 0.878. The van der Waals surface area contributed by atoms with Crippen LogP contribution in [0.4, 0.5) is 34.1 Å². The molecule has 15 rings (SSSR count). The number of rotatable bonds is 4. The Morgan fingerprint density at radius 3 is 1.04 bits per heavy atom. The molecule has 2 aliphatic heterocycles. The number of hydrogen-bond acceptors (Lipinski definition) is 4. The van der Waals surface area contributed by atoms with E-state index in [1.54, 1.807) is 0 Å². The molecule has 0 aliphatic carbocycles. The second kappa shape index (κ2) is 14.3. The zero-order valence-corrected chi connectivity index (χ0v) is 36.9. The predicted molar refractivity (Wildman–Crippen MR) is 282 cm³/mol. The first-order valence-electron chi connectivity index (χ1n) is 23.5. The van der Waals surface area contributed by atoms with Gasteiger partial charge in [0.25, 0.3) is 0 Å². The SMILES string of the molecule is c1ccc2c(c1)Cc1ccccc1N2c1ccc2c(-c3cccc4c3oc3ccccc34)c3cc(N4c5ccccc5Cc5ccccc54)ccc3c(-c3cccc4c3oc3ccccc34)c2c1. The van der Waals surface area contributed by atoms with E-state index < -0.39 is 0 Å². The lowest BCUT2D eigenvalue weighted by Gasteiger charge is -2.34. The molecule has 11 aromatic carbocycles. The third-order valence-electron chi connectivity index (χ3n) is 14.6. The zero-order valence-electron chi connectivity index (χ0n) is 36.9. The minimum Gasteiger partial charge on any atom is -0.455 e. The molecule has 4 nitrogen and oxygen atoms in total. The van der Waals surface area contributed by atoms with Crippen LogP contribution in [0.2, 0.25) is 0 Å². The van der Waals surface area contributed by atoms with Gasteiger partial charge < -0.3 is 18.6 Å². The molecule has 4 heterocycles. The molecule has 0 unspecified atom stereocenters. The summed E-state index contributed by atoms with van der Waals surface area (Å²) in [6.45, 7) is 0. The van der Waals surface area contributed by atoms with Crippen molar-refractivity contribution in [3.63, 3.8) is 0 Å². The van der Waals surface area contributed by atoms with Crippen molar-refractivity contribution in [3.8, 4) is 22.3 Å². The number of benzene rings is 11. The van der Waals surface area contributed by atoms with Crippen LogP contribution in [0.3, 0.4) is 0 Å². The highest BCUT2D eigenvalue weighted by Crippen LogP contribution is 2.53. The van der Waals surface area contributed by atoms with E-state index in [9.17, 15) is 0 Å². The van der Waals surface area contributed by atoms with Gasteiger partial charge in [-0.05, 0) is 104 Å². The van der Waals surface area contributed by atoms with Gasteiger partial charge in [-0.1, -0.05) is 158 Å². The molecule has 2 aliphatic rings. The molecule has 0 N–H and O–H groups in total. The lowest BCUT2D eigenvalue weighted by Crippen LogP contribution is -2.18. The van der Waals surface area contributed by atoms with Gasteiger partial charge in [-0.3, -0.25) is 0 Å². The molecule has 0 spiro atoms. The molecule has 0 bridgehead atoms. The van der Waals surface area contributed by atoms with E-state index in [1.165, 1.54) is 45.0 Å². The molecule has 13 aromatic rings. The molecular weight excluding hydrogens is 829 g/mol. The maximum absolute atomic E-state index is 6.94. The zero-order chi connectivity index (χ0) is 44.5. The van der Waals surface area contributed by atoms with E-state index in [0.29, 0.717) is 0 Å². The van der Waals surface area contributed by atoms with Crippen molar-refractivity contribution in [3.05, 3.63) is 241 Å². The summed E-state index contributed by atoms with van der Waals surface area (Å²) < 4.78 is 13.9. The summed E-state index contributed by atoms with van der Waals surface area (Å²) in [5, 5.41) is 8.95. The third-order valence-corrected chi connectivity index (χ3v) is 14.6. The fourth-order valence-electron chi connectivity index (χ4n) is 11.7. The van der Waals surface area contributed by atoms with E-state index >= 15 is 0 Å². The highest BCUT2D eigenvalue weighted by atomic mass is 16.3. The van der Waals surface area contributed by atoms with Crippen molar-refractivity contribution in [1.29, 1.82) is 0 Å². The highest BCUT2D eigenvalue weighted by molar-refractivity contribution is 6.27. The van der Waals surface area contributed by atoms with Crippen molar-refractivity contribution in [2.75, 3.05) is 9.80 Å². The predicted octanol–water partition coefficient (Wildman–Crippen LogP) is 17.9. The number of nitrogens with zero attached hydrogens (tertiary/aromatic N) is 2. The number of furan rings is 2. The van der Waals surface area contributed by atoms with Crippen LogP contribution in [0.1, 0.15) is 22.3 Å². The summed E-state index contributed by atoms with van der Waals surface area (Å²) in [4.78, 5) is 4.91. The maximum atomic E-state index is 6.94. The molecule has 0 saturated heterocycles. The van der Waals surface area contributed by atoms with Gasteiger partial charge in [0.2, 0.25) is 0 Å². The van der Waals surface area contributed by atoms with Crippen LogP contribution in [0.25, 0.3) is 87.7 Å². The van der Waals surface area contributed by atoms with Gasteiger partial charge in [0.15, 0.2) is 0 Å². The molecule has 4 heteroatoms. The molecule has 0 atom stereocenters. The molecule has 0 fully saturated rings. The summed E-state index contributed by atoms with van der Waals surface area (Å²) in [5.41, 5.74) is 20.1. The molecule has 0 amide bonds. The molecule has 318 valence electrons. The van der Waals surface area contributed by atoms with Crippen LogP contribution in [0.5, 0.6) is 0 Å². The Bertz CT molecular complexity index is 3880. The van der Waals surface area contributed by atoms with E-state index in [1.807, 2.05) is 0 Å². The summed E-state index contributed by atoms with van der Waals surface area (Å²) >= 11 is 0. The summed E-state index contributed by atoms with van der Waals surface area (Å²) in [5.74, 6) is 0. The van der Waals surface area contributed by atoms with Crippen molar-refractivity contribution >= 4 is 99.5 Å². The first-order valence-corrected chi connectivity index (χ1v) is 23.5. The Balaban J connectivity index is 1.11. The van der Waals surface area contributed by atoms with Crippen LogP contribution in [-0.4, -0.2) is 0 Å². The quantitative estimate of drug-likeness (QED) is 0.165. The smallest absolute Gasteiger partial charge is 0.143 e. The fourth-order valence-corrected chi connectivity index (χ4v) is 11.7. The van der Waals surface area contributed by atoms with Gasteiger partial charge in [0.1, 0.15) is 22.3 Å². The van der Waals surface area contributed by atoms with Crippen LogP contribution in [-0.2, 0) is 12.8 Å². The number of anilines is 6. The number of fused-ring (bicyclic) bond motifs is 12. The Morgan fingerprint density at radius 1 is 0.279 bits per heavy atom. The Kier molecular flexibility index (Phi) is 7.87. The van der Waals surface area contributed by atoms with Crippen LogP contribution >= 0.6 is 0 Å². The average molecular weight is 869 g/mol. The van der Waals surface area contributed by atoms with Crippen molar-refractivity contribution in [1.82, 2.24) is 0 Å². The summed E-state index contributed by atoms with van der Waals surface area (Å²) in [6, 6.07) is 79.7. The Labute approximate surface area is 392 Å². The second-order valence-electron chi connectivity index (χ2n) is 18.3. The second-order valence-corrected chi connectivity index (χ2v) is 18.3. The van der Waals surface area contributed by atoms with E-state index in [0.717, 1.165) is 112 Å². The average Bonchev–Trinajstić information content (AvgIpc) is 3.98. The topological polar surface area (TPSA) is 32.8 Å². The van der Waals surface area contributed by atoms with Gasteiger partial charge in [-0.2, -0.15) is 0 Å². The maximum Gasteiger partial charge on any atom is 0.143 e. The fraction of sp³-hybridized carbons (Fsp3) is 0.0312. The lowest BCUT2D eigenvalue weighted by atomic mass is 9.84. The molecule has 2 aromatic heterocycles.